The quantitative estimate of drug-likeness (QED) is 0.752. The third kappa shape index (κ3) is 3.43. The molecule has 2 aromatic heterocycles. The van der Waals surface area contributed by atoms with E-state index in [1.54, 1.807) is 6.33 Å². The van der Waals surface area contributed by atoms with E-state index in [9.17, 15) is 10.1 Å². The standard InChI is InChI=1S/C20H17N5O2/c21-9-15-2-1-3-16-10-24(11-17(15)16)6-7-25-12-19(23-13-25)18-8-14(20(26)27)4-5-22-18/h1-5,8,12-13H,6-7,10-11H2,(H,26,27). The lowest BCUT2D eigenvalue weighted by Crippen LogP contribution is -2.21. The Morgan fingerprint density at radius 3 is 2.89 bits per heavy atom. The van der Waals surface area contributed by atoms with Gasteiger partial charge in [-0.15, -0.1) is 0 Å². The van der Waals surface area contributed by atoms with Crippen LogP contribution in [-0.4, -0.2) is 37.1 Å². The number of pyridine rings is 1. The van der Waals surface area contributed by atoms with E-state index in [-0.39, 0.29) is 5.56 Å². The van der Waals surface area contributed by atoms with Gasteiger partial charge >= 0.3 is 5.97 Å². The Bertz CT molecular complexity index is 1050. The van der Waals surface area contributed by atoms with E-state index in [4.69, 9.17) is 5.11 Å². The summed E-state index contributed by atoms with van der Waals surface area (Å²) in [6.45, 7) is 3.21. The van der Waals surface area contributed by atoms with Crippen molar-refractivity contribution in [2.45, 2.75) is 19.6 Å². The summed E-state index contributed by atoms with van der Waals surface area (Å²) in [5.41, 5.74) is 4.48. The van der Waals surface area contributed by atoms with Crippen molar-refractivity contribution < 1.29 is 9.90 Å². The maximum Gasteiger partial charge on any atom is 0.335 e. The minimum absolute atomic E-state index is 0.192. The lowest BCUT2D eigenvalue weighted by molar-refractivity contribution is 0.0697. The van der Waals surface area contributed by atoms with E-state index in [0.717, 1.165) is 37.3 Å². The molecular formula is C20H17N5O2. The molecule has 1 N–H and O–H groups in total. The number of imidazole rings is 1. The minimum Gasteiger partial charge on any atom is -0.478 e. The zero-order valence-corrected chi connectivity index (χ0v) is 14.5. The predicted octanol–water partition coefficient (Wildman–Crippen LogP) is 2.53. The van der Waals surface area contributed by atoms with E-state index in [1.165, 1.54) is 23.9 Å². The van der Waals surface area contributed by atoms with Gasteiger partial charge in [-0.25, -0.2) is 9.78 Å². The van der Waals surface area contributed by atoms with Crippen molar-refractivity contribution in [2.75, 3.05) is 6.54 Å². The van der Waals surface area contributed by atoms with Crippen LogP contribution in [0.5, 0.6) is 0 Å². The van der Waals surface area contributed by atoms with Crippen LogP contribution in [0.25, 0.3) is 11.4 Å². The second-order valence-electron chi connectivity index (χ2n) is 6.50. The van der Waals surface area contributed by atoms with Crippen molar-refractivity contribution in [1.29, 1.82) is 5.26 Å². The average Bonchev–Trinajstić information content (AvgIpc) is 3.32. The SMILES string of the molecule is N#Cc1cccc2c1CN(CCn1cnc(-c3cc(C(=O)O)ccn3)c1)C2. The monoisotopic (exact) mass is 359 g/mol. The molecular weight excluding hydrogens is 342 g/mol. The molecule has 0 saturated carbocycles. The normalized spacial score (nSPS) is 13.3. The lowest BCUT2D eigenvalue weighted by atomic mass is 10.1. The maximum atomic E-state index is 11.1. The van der Waals surface area contributed by atoms with Crippen LogP contribution in [0.1, 0.15) is 27.0 Å². The number of aromatic carboxylic acids is 1. The van der Waals surface area contributed by atoms with E-state index < -0.39 is 5.97 Å². The molecule has 1 aliphatic rings. The van der Waals surface area contributed by atoms with Gasteiger partial charge in [0, 0.05) is 38.6 Å². The molecule has 0 spiro atoms. The first-order chi connectivity index (χ1) is 13.1. The molecule has 0 atom stereocenters. The summed E-state index contributed by atoms with van der Waals surface area (Å²) in [6.07, 6.45) is 5.08. The number of carbonyl (C=O) groups is 1. The Morgan fingerprint density at radius 1 is 1.19 bits per heavy atom. The number of rotatable bonds is 5. The number of carboxylic acid groups (broad SMARTS) is 1. The summed E-state index contributed by atoms with van der Waals surface area (Å²) in [4.78, 5) is 22.0. The molecule has 0 aliphatic carbocycles. The first-order valence-corrected chi connectivity index (χ1v) is 8.59. The van der Waals surface area contributed by atoms with Crippen molar-refractivity contribution in [3.05, 3.63) is 71.3 Å². The molecule has 3 aromatic rings. The van der Waals surface area contributed by atoms with Crippen LogP contribution >= 0.6 is 0 Å². The van der Waals surface area contributed by atoms with Crippen LogP contribution in [0.4, 0.5) is 0 Å². The van der Waals surface area contributed by atoms with Gasteiger partial charge in [-0.3, -0.25) is 9.88 Å². The van der Waals surface area contributed by atoms with Gasteiger partial charge in [0.25, 0.3) is 0 Å². The first kappa shape index (κ1) is 16.9. The van der Waals surface area contributed by atoms with Crippen LogP contribution in [-0.2, 0) is 19.6 Å². The van der Waals surface area contributed by atoms with Gasteiger partial charge in [-0.05, 0) is 29.3 Å². The highest BCUT2D eigenvalue weighted by Crippen LogP contribution is 2.25. The molecule has 134 valence electrons. The van der Waals surface area contributed by atoms with Crippen LogP contribution in [0.15, 0.2) is 49.1 Å². The van der Waals surface area contributed by atoms with Crippen molar-refractivity contribution in [3.8, 4) is 17.5 Å². The number of benzene rings is 1. The lowest BCUT2D eigenvalue weighted by Gasteiger charge is -2.14. The third-order valence-electron chi connectivity index (χ3n) is 4.75. The minimum atomic E-state index is -0.983. The largest absolute Gasteiger partial charge is 0.478 e. The summed E-state index contributed by atoms with van der Waals surface area (Å²) >= 11 is 0. The van der Waals surface area contributed by atoms with Gasteiger partial charge in [0.15, 0.2) is 0 Å². The van der Waals surface area contributed by atoms with Crippen molar-refractivity contribution in [3.63, 3.8) is 0 Å². The summed E-state index contributed by atoms with van der Waals surface area (Å²) < 4.78 is 1.97. The average molecular weight is 359 g/mol. The fourth-order valence-electron chi connectivity index (χ4n) is 3.33. The number of nitrogens with zero attached hydrogens (tertiary/aromatic N) is 5. The van der Waals surface area contributed by atoms with E-state index in [0.29, 0.717) is 11.4 Å². The van der Waals surface area contributed by atoms with Crippen LogP contribution in [0.2, 0.25) is 0 Å². The Hall–Kier alpha value is -3.50. The van der Waals surface area contributed by atoms with Crippen LogP contribution in [0, 0.1) is 11.3 Å². The van der Waals surface area contributed by atoms with E-state index in [2.05, 4.69) is 27.0 Å². The van der Waals surface area contributed by atoms with E-state index >= 15 is 0 Å². The molecule has 3 heterocycles. The highest BCUT2D eigenvalue weighted by Gasteiger charge is 2.21. The summed E-state index contributed by atoms with van der Waals surface area (Å²) in [6, 6.07) is 11.1. The molecule has 1 aliphatic heterocycles. The van der Waals surface area contributed by atoms with Gasteiger partial charge in [0.1, 0.15) is 5.69 Å². The highest BCUT2D eigenvalue weighted by molar-refractivity contribution is 5.88. The predicted molar refractivity (Wildman–Crippen MR) is 97.7 cm³/mol. The molecule has 1 aromatic carbocycles. The molecule has 7 nitrogen and oxygen atoms in total. The van der Waals surface area contributed by atoms with E-state index in [1.807, 2.05) is 22.9 Å². The summed E-state index contributed by atoms with van der Waals surface area (Å²) in [5, 5.41) is 18.3. The Kier molecular flexibility index (Phi) is 4.40. The molecule has 0 unspecified atom stereocenters. The highest BCUT2D eigenvalue weighted by atomic mass is 16.4. The van der Waals surface area contributed by atoms with Gasteiger partial charge in [0.05, 0.1) is 29.2 Å². The number of aromatic nitrogens is 3. The summed E-state index contributed by atoms with van der Waals surface area (Å²) in [7, 11) is 0. The number of hydrogen-bond donors (Lipinski definition) is 1. The van der Waals surface area contributed by atoms with Crippen LogP contribution < -0.4 is 0 Å². The van der Waals surface area contributed by atoms with Gasteiger partial charge in [0.2, 0.25) is 0 Å². The molecule has 0 amide bonds. The molecule has 0 bridgehead atoms. The Balaban J connectivity index is 1.42. The van der Waals surface area contributed by atoms with Crippen molar-refractivity contribution in [1.82, 2.24) is 19.4 Å². The second-order valence-corrected chi connectivity index (χ2v) is 6.50. The zero-order chi connectivity index (χ0) is 18.8. The zero-order valence-electron chi connectivity index (χ0n) is 14.5. The number of hydrogen-bond acceptors (Lipinski definition) is 5. The van der Waals surface area contributed by atoms with Crippen molar-refractivity contribution in [2.24, 2.45) is 0 Å². The van der Waals surface area contributed by atoms with Crippen molar-refractivity contribution >= 4 is 5.97 Å². The second kappa shape index (κ2) is 7.02. The third-order valence-corrected chi connectivity index (χ3v) is 4.75. The molecule has 27 heavy (non-hydrogen) atoms. The number of nitriles is 1. The Labute approximate surface area is 156 Å². The van der Waals surface area contributed by atoms with Gasteiger partial charge < -0.3 is 9.67 Å². The number of fused-ring (bicyclic) bond motifs is 1. The smallest absolute Gasteiger partial charge is 0.335 e. The topological polar surface area (TPSA) is 95.0 Å². The molecule has 0 fully saturated rings. The number of carboxylic acids is 1. The summed E-state index contributed by atoms with van der Waals surface area (Å²) in [5.74, 6) is -0.983. The van der Waals surface area contributed by atoms with Crippen LogP contribution in [0.3, 0.4) is 0 Å². The van der Waals surface area contributed by atoms with Gasteiger partial charge in [-0.2, -0.15) is 5.26 Å². The maximum absolute atomic E-state index is 11.1. The molecule has 7 heteroatoms. The molecule has 0 saturated heterocycles. The Morgan fingerprint density at radius 2 is 2.07 bits per heavy atom. The fraction of sp³-hybridized carbons (Fsp3) is 0.200. The fourth-order valence-corrected chi connectivity index (χ4v) is 3.33. The first-order valence-electron chi connectivity index (χ1n) is 8.59. The molecule has 0 radical (unpaired) electrons. The van der Waals surface area contributed by atoms with Gasteiger partial charge in [-0.1, -0.05) is 12.1 Å². The molecule has 4 rings (SSSR count).